The van der Waals surface area contributed by atoms with E-state index >= 15 is 0 Å². The van der Waals surface area contributed by atoms with E-state index in [1.54, 1.807) is 26.4 Å². The maximum absolute atomic E-state index is 12.5. The first kappa shape index (κ1) is 17.2. The molecule has 0 saturated heterocycles. The van der Waals surface area contributed by atoms with Crippen LogP contribution in [-0.2, 0) is 6.54 Å². The van der Waals surface area contributed by atoms with Crippen molar-refractivity contribution in [3.63, 3.8) is 0 Å². The maximum Gasteiger partial charge on any atom is 0.279 e. The van der Waals surface area contributed by atoms with Gasteiger partial charge < -0.3 is 14.0 Å². The first-order valence-electron chi connectivity index (χ1n) is 7.99. The smallest absolute Gasteiger partial charge is 0.279 e. The molecule has 0 aliphatic rings. The van der Waals surface area contributed by atoms with Crippen molar-refractivity contribution in [2.75, 3.05) is 14.2 Å². The second kappa shape index (κ2) is 7.11. The Bertz CT molecular complexity index is 984. The van der Waals surface area contributed by atoms with Crippen molar-refractivity contribution in [1.29, 1.82) is 0 Å². The Morgan fingerprint density at radius 2 is 1.72 bits per heavy atom. The van der Waals surface area contributed by atoms with Gasteiger partial charge in [0.2, 0.25) is 0 Å². The molecular formula is C19H20N2O3S. The molecule has 3 rings (SSSR count). The molecule has 0 N–H and O–H groups in total. The number of benzene rings is 2. The van der Waals surface area contributed by atoms with Gasteiger partial charge in [0.25, 0.3) is 5.91 Å². The van der Waals surface area contributed by atoms with Gasteiger partial charge in [-0.15, -0.1) is 0 Å². The number of nitrogens with zero attached hydrogens (tertiary/aromatic N) is 2. The van der Waals surface area contributed by atoms with Crippen molar-refractivity contribution < 1.29 is 14.3 Å². The predicted molar refractivity (Wildman–Crippen MR) is 99.7 cm³/mol. The number of carbonyl (C=O) groups is 1. The lowest BCUT2D eigenvalue weighted by molar-refractivity contribution is 0.0998. The zero-order chi connectivity index (χ0) is 18.0. The summed E-state index contributed by atoms with van der Waals surface area (Å²) in [5.41, 5.74) is 2.57. The summed E-state index contributed by atoms with van der Waals surface area (Å²) < 4.78 is 13.8. The molecule has 1 aromatic heterocycles. The summed E-state index contributed by atoms with van der Waals surface area (Å²) in [5, 5.41) is 0. The van der Waals surface area contributed by atoms with Crippen LogP contribution in [0.1, 0.15) is 22.8 Å². The van der Waals surface area contributed by atoms with Crippen LogP contribution in [0, 0.1) is 6.92 Å². The highest BCUT2D eigenvalue weighted by molar-refractivity contribution is 7.16. The monoisotopic (exact) mass is 356 g/mol. The van der Waals surface area contributed by atoms with Gasteiger partial charge in [0.15, 0.2) is 4.80 Å². The molecular weight excluding hydrogens is 336 g/mol. The van der Waals surface area contributed by atoms with E-state index in [4.69, 9.17) is 9.47 Å². The lowest BCUT2D eigenvalue weighted by Gasteiger charge is -2.08. The molecule has 2 aromatic carbocycles. The fraction of sp³-hybridized carbons (Fsp3) is 0.263. The summed E-state index contributed by atoms with van der Waals surface area (Å²) in [6.45, 7) is 4.67. The van der Waals surface area contributed by atoms with Crippen LogP contribution in [0.3, 0.4) is 0 Å². The van der Waals surface area contributed by atoms with E-state index in [0.29, 0.717) is 16.9 Å². The zero-order valence-electron chi connectivity index (χ0n) is 14.7. The summed E-state index contributed by atoms with van der Waals surface area (Å²) in [7, 11) is 3.26. The third-order valence-corrected chi connectivity index (χ3v) is 5.10. The van der Waals surface area contributed by atoms with Crippen LogP contribution in [0.4, 0.5) is 0 Å². The quantitative estimate of drug-likeness (QED) is 0.715. The van der Waals surface area contributed by atoms with Crippen LogP contribution in [0.2, 0.25) is 0 Å². The third-order valence-electron chi connectivity index (χ3n) is 4.00. The Balaban J connectivity index is 2.22. The Labute approximate surface area is 150 Å². The van der Waals surface area contributed by atoms with Gasteiger partial charge in [0.1, 0.15) is 21.7 Å². The third kappa shape index (κ3) is 3.17. The summed E-state index contributed by atoms with van der Waals surface area (Å²) in [6.07, 6.45) is 0. The molecule has 0 aliphatic carbocycles. The largest absolute Gasteiger partial charge is 0.495 e. The standard InChI is InChI=1S/C19H20N2O3S/c1-5-21-16-14(23-3)10-11-15(24-4)17(16)25-19(21)20-18(22)13-8-6-12(2)7-9-13/h6-11H,5H2,1-4H3. The number of aromatic nitrogens is 1. The van der Waals surface area contributed by atoms with Crippen molar-refractivity contribution in [3.8, 4) is 11.5 Å². The highest BCUT2D eigenvalue weighted by Gasteiger charge is 2.16. The normalized spacial score (nSPS) is 11.8. The number of rotatable bonds is 4. The highest BCUT2D eigenvalue weighted by atomic mass is 32.1. The summed E-state index contributed by atoms with van der Waals surface area (Å²) >= 11 is 1.43. The maximum atomic E-state index is 12.5. The fourth-order valence-electron chi connectivity index (χ4n) is 2.68. The molecule has 3 aromatic rings. The number of hydrogen-bond donors (Lipinski definition) is 0. The number of ether oxygens (including phenoxy) is 2. The summed E-state index contributed by atoms with van der Waals surface area (Å²) in [5.74, 6) is 1.22. The van der Waals surface area contributed by atoms with E-state index in [1.807, 2.05) is 42.7 Å². The van der Waals surface area contributed by atoms with Crippen molar-refractivity contribution in [3.05, 3.63) is 52.3 Å². The molecule has 0 saturated carbocycles. The van der Waals surface area contributed by atoms with Crippen LogP contribution in [-0.4, -0.2) is 24.7 Å². The highest BCUT2D eigenvalue weighted by Crippen LogP contribution is 2.35. The number of fused-ring (bicyclic) bond motifs is 1. The van der Waals surface area contributed by atoms with E-state index in [9.17, 15) is 4.79 Å². The van der Waals surface area contributed by atoms with E-state index in [0.717, 1.165) is 27.3 Å². The second-order valence-corrected chi connectivity index (χ2v) is 6.54. The van der Waals surface area contributed by atoms with Crippen molar-refractivity contribution >= 4 is 27.5 Å². The second-order valence-electron chi connectivity index (χ2n) is 5.56. The van der Waals surface area contributed by atoms with Crippen LogP contribution >= 0.6 is 11.3 Å². The summed E-state index contributed by atoms with van der Waals surface area (Å²) in [6, 6.07) is 11.1. The molecule has 6 heteroatoms. The molecule has 0 fully saturated rings. The molecule has 0 atom stereocenters. The minimum Gasteiger partial charge on any atom is -0.495 e. The number of amides is 1. The SMILES string of the molecule is CCn1c(=NC(=O)c2ccc(C)cc2)sc2c(OC)ccc(OC)c21. The lowest BCUT2D eigenvalue weighted by Crippen LogP contribution is -2.16. The van der Waals surface area contributed by atoms with Gasteiger partial charge in [-0.3, -0.25) is 4.79 Å². The summed E-state index contributed by atoms with van der Waals surface area (Å²) in [4.78, 5) is 17.5. The zero-order valence-corrected chi connectivity index (χ0v) is 15.5. The Morgan fingerprint density at radius 3 is 2.32 bits per heavy atom. The predicted octanol–water partition coefficient (Wildman–Crippen LogP) is 3.79. The van der Waals surface area contributed by atoms with Crippen molar-refractivity contribution in [2.45, 2.75) is 20.4 Å². The van der Waals surface area contributed by atoms with Crippen molar-refractivity contribution in [1.82, 2.24) is 4.57 Å². The van der Waals surface area contributed by atoms with Crippen molar-refractivity contribution in [2.24, 2.45) is 4.99 Å². The molecule has 1 heterocycles. The van der Waals surface area contributed by atoms with E-state index in [-0.39, 0.29) is 5.91 Å². The Hall–Kier alpha value is -2.60. The van der Waals surface area contributed by atoms with Gasteiger partial charge in [-0.25, -0.2) is 0 Å². The van der Waals surface area contributed by atoms with Crippen LogP contribution in [0.15, 0.2) is 41.4 Å². The minimum atomic E-state index is -0.258. The molecule has 0 spiro atoms. The molecule has 0 bridgehead atoms. The van der Waals surface area contributed by atoms with E-state index in [2.05, 4.69) is 4.99 Å². The van der Waals surface area contributed by atoms with Gasteiger partial charge in [-0.2, -0.15) is 4.99 Å². The average molecular weight is 356 g/mol. The lowest BCUT2D eigenvalue weighted by atomic mass is 10.1. The van der Waals surface area contributed by atoms with Gasteiger partial charge in [0, 0.05) is 12.1 Å². The number of methoxy groups -OCH3 is 2. The average Bonchev–Trinajstić information content (AvgIpc) is 2.99. The number of hydrogen-bond acceptors (Lipinski definition) is 4. The van der Waals surface area contributed by atoms with Gasteiger partial charge in [-0.1, -0.05) is 29.0 Å². The van der Waals surface area contributed by atoms with E-state index < -0.39 is 0 Å². The van der Waals surface area contributed by atoms with Gasteiger partial charge in [0.05, 0.1) is 14.2 Å². The number of aryl methyl sites for hydroxylation is 2. The van der Waals surface area contributed by atoms with Crippen LogP contribution < -0.4 is 14.3 Å². The molecule has 25 heavy (non-hydrogen) atoms. The van der Waals surface area contributed by atoms with Crippen LogP contribution in [0.25, 0.3) is 10.2 Å². The van der Waals surface area contributed by atoms with E-state index in [1.165, 1.54) is 11.3 Å². The molecule has 5 nitrogen and oxygen atoms in total. The van der Waals surface area contributed by atoms with Gasteiger partial charge >= 0.3 is 0 Å². The Morgan fingerprint density at radius 1 is 1.08 bits per heavy atom. The Kier molecular flexibility index (Phi) is 4.90. The number of thiazole rings is 1. The molecule has 0 radical (unpaired) electrons. The number of carbonyl (C=O) groups excluding carboxylic acids is 1. The molecule has 130 valence electrons. The fourth-order valence-corrected chi connectivity index (χ4v) is 3.88. The van der Waals surface area contributed by atoms with Gasteiger partial charge in [-0.05, 0) is 38.1 Å². The first-order valence-corrected chi connectivity index (χ1v) is 8.80. The molecule has 0 aliphatic heterocycles. The molecule has 0 unspecified atom stereocenters. The topological polar surface area (TPSA) is 52.8 Å². The van der Waals surface area contributed by atoms with Crippen LogP contribution in [0.5, 0.6) is 11.5 Å². The first-order chi connectivity index (χ1) is 12.1. The minimum absolute atomic E-state index is 0.258. The molecule has 1 amide bonds.